The highest BCUT2D eigenvalue weighted by Gasteiger charge is 2.27. The summed E-state index contributed by atoms with van der Waals surface area (Å²) in [7, 11) is 0. The van der Waals surface area contributed by atoms with E-state index in [2.05, 4.69) is 5.32 Å². The first-order valence-electron chi connectivity index (χ1n) is 11.6. The quantitative estimate of drug-likeness (QED) is 0.360. The van der Waals surface area contributed by atoms with Gasteiger partial charge in [-0.05, 0) is 34.4 Å². The minimum absolute atomic E-state index is 0.269. The highest BCUT2D eigenvalue weighted by Crippen LogP contribution is 2.25. The molecule has 0 saturated heterocycles. The normalized spacial score (nSPS) is 11.6. The van der Waals surface area contributed by atoms with E-state index in [9.17, 15) is 9.59 Å². The predicted molar refractivity (Wildman–Crippen MR) is 137 cm³/mol. The van der Waals surface area contributed by atoms with E-state index in [1.807, 2.05) is 115 Å². The van der Waals surface area contributed by atoms with Crippen molar-refractivity contribution in [3.05, 3.63) is 138 Å². The largest absolute Gasteiger partial charge is 0.489 e. The fourth-order valence-corrected chi connectivity index (χ4v) is 3.96. The maximum Gasteiger partial charge on any atom is 0.240 e. The van der Waals surface area contributed by atoms with Crippen molar-refractivity contribution >= 4 is 11.8 Å². The van der Waals surface area contributed by atoms with E-state index in [1.165, 1.54) is 0 Å². The van der Waals surface area contributed by atoms with Crippen molar-refractivity contribution in [3.8, 4) is 5.75 Å². The Morgan fingerprint density at radius 1 is 0.686 bits per heavy atom. The average molecular weight is 465 g/mol. The molecule has 2 amide bonds. The minimum Gasteiger partial charge on any atom is -0.489 e. The molecule has 0 spiro atoms. The second-order valence-corrected chi connectivity index (χ2v) is 8.34. The molecule has 4 rings (SSSR count). The zero-order valence-corrected chi connectivity index (χ0v) is 19.3. The Hall–Kier alpha value is -4.38. The van der Waals surface area contributed by atoms with Crippen LogP contribution in [0.2, 0.25) is 0 Å². The number of rotatable bonds is 10. The van der Waals surface area contributed by atoms with E-state index in [1.54, 1.807) is 0 Å². The third-order valence-corrected chi connectivity index (χ3v) is 5.80. The Bertz CT molecular complexity index is 1190. The monoisotopic (exact) mass is 464 g/mol. The molecule has 0 aliphatic rings. The van der Waals surface area contributed by atoms with Gasteiger partial charge in [0.25, 0.3) is 0 Å². The molecule has 1 atom stereocenters. The number of nitrogens with two attached hydrogens (primary N) is 1. The number of primary amides is 1. The van der Waals surface area contributed by atoms with Gasteiger partial charge in [-0.3, -0.25) is 9.59 Å². The first kappa shape index (κ1) is 23.8. The summed E-state index contributed by atoms with van der Waals surface area (Å²) in [5.41, 5.74) is 9.32. The molecule has 4 aromatic rings. The number of ether oxygens (including phenoxy) is 1. The van der Waals surface area contributed by atoms with Crippen molar-refractivity contribution in [2.75, 3.05) is 0 Å². The SMILES string of the molecule is NC(=O)[C@H](Cc1ccc(OCc2ccccc2)cc1)NC(=O)C(c1ccccc1)c1ccccc1. The van der Waals surface area contributed by atoms with Gasteiger partial charge in [-0.2, -0.15) is 0 Å². The summed E-state index contributed by atoms with van der Waals surface area (Å²) in [6, 6.07) is 35.6. The molecular weight excluding hydrogens is 436 g/mol. The van der Waals surface area contributed by atoms with Crippen LogP contribution < -0.4 is 15.8 Å². The first-order valence-corrected chi connectivity index (χ1v) is 11.6. The Morgan fingerprint density at radius 2 is 1.20 bits per heavy atom. The van der Waals surface area contributed by atoms with Gasteiger partial charge in [-0.25, -0.2) is 0 Å². The predicted octanol–water partition coefficient (Wildman–Crippen LogP) is 4.61. The van der Waals surface area contributed by atoms with Crippen LogP contribution in [0.1, 0.15) is 28.2 Å². The molecule has 0 fully saturated rings. The summed E-state index contributed by atoms with van der Waals surface area (Å²) in [5, 5.41) is 2.88. The molecular formula is C30H28N2O3. The molecule has 176 valence electrons. The smallest absolute Gasteiger partial charge is 0.240 e. The van der Waals surface area contributed by atoms with E-state index >= 15 is 0 Å². The van der Waals surface area contributed by atoms with Crippen LogP contribution in [0.4, 0.5) is 0 Å². The number of nitrogens with one attached hydrogen (secondary N) is 1. The summed E-state index contributed by atoms with van der Waals surface area (Å²) < 4.78 is 5.83. The third-order valence-electron chi connectivity index (χ3n) is 5.80. The highest BCUT2D eigenvalue weighted by atomic mass is 16.5. The van der Waals surface area contributed by atoms with Gasteiger partial charge >= 0.3 is 0 Å². The van der Waals surface area contributed by atoms with Crippen molar-refractivity contribution in [3.63, 3.8) is 0 Å². The maximum absolute atomic E-state index is 13.4. The third kappa shape index (κ3) is 6.58. The van der Waals surface area contributed by atoms with Gasteiger partial charge in [-0.1, -0.05) is 103 Å². The number of hydrogen-bond donors (Lipinski definition) is 2. The van der Waals surface area contributed by atoms with E-state index in [0.29, 0.717) is 6.61 Å². The fourth-order valence-electron chi connectivity index (χ4n) is 3.96. The van der Waals surface area contributed by atoms with Crippen molar-refractivity contribution in [1.82, 2.24) is 5.32 Å². The lowest BCUT2D eigenvalue weighted by Crippen LogP contribution is -2.47. The molecule has 0 aliphatic heterocycles. The van der Waals surface area contributed by atoms with Crippen molar-refractivity contribution in [2.24, 2.45) is 5.73 Å². The second-order valence-electron chi connectivity index (χ2n) is 8.34. The van der Waals surface area contributed by atoms with Crippen LogP contribution in [0.3, 0.4) is 0 Å². The second kappa shape index (κ2) is 11.7. The van der Waals surface area contributed by atoms with Gasteiger partial charge in [0.05, 0.1) is 5.92 Å². The number of hydrogen-bond acceptors (Lipinski definition) is 3. The van der Waals surface area contributed by atoms with E-state index < -0.39 is 17.9 Å². The van der Waals surface area contributed by atoms with E-state index in [0.717, 1.165) is 28.0 Å². The average Bonchev–Trinajstić information content (AvgIpc) is 2.90. The van der Waals surface area contributed by atoms with Crippen LogP contribution in [-0.4, -0.2) is 17.9 Å². The standard InChI is InChI=1S/C30H28N2O3/c31-29(33)27(20-22-16-18-26(19-17-22)35-21-23-10-4-1-5-11-23)32-30(34)28(24-12-6-2-7-13-24)25-14-8-3-9-15-25/h1-19,27-28H,20-21H2,(H2,31,33)(H,32,34)/t27-/m0/s1. The van der Waals surface area contributed by atoms with Gasteiger partial charge in [0.15, 0.2) is 0 Å². The maximum atomic E-state index is 13.4. The van der Waals surface area contributed by atoms with Gasteiger partial charge in [0, 0.05) is 6.42 Å². The summed E-state index contributed by atoms with van der Waals surface area (Å²) in [5.74, 6) is -0.671. The number of benzene rings is 4. The molecule has 0 saturated carbocycles. The van der Waals surface area contributed by atoms with Crippen LogP contribution in [0.25, 0.3) is 0 Å². The first-order chi connectivity index (χ1) is 17.1. The summed E-state index contributed by atoms with van der Waals surface area (Å²) >= 11 is 0. The van der Waals surface area contributed by atoms with Crippen molar-refractivity contribution in [2.45, 2.75) is 25.0 Å². The molecule has 0 heterocycles. The Morgan fingerprint density at radius 3 is 1.71 bits per heavy atom. The molecule has 5 nitrogen and oxygen atoms in total. The van der Waals surface area contributed by atoms with Crippen LogP contribution >= 0.6 is 0 Å². The number of carbonyl (C=O) groups excluding carboxylic acids is 2. The molecule has 5 heteroatoms. The molecule has 0 aliphatic carbocycles. The molecule has 0 unspecified atom stereocenters. The highest BCUT2D eigenvalue weighted by molar-refractivity contribution is 5.92. The summed E-state index contributed by atoms with van der Waals surface area (Å²) in [6.07, 6.45) is 0.288. The van der Waals surface area contributed by atoms with E-state index in [4.69, 9.17) is 10.5 Å². The van der Waals surface area contributed by atoms with Crippen LogP contribution in [-0.2, 0) is 22.6 Å². The Kier molecular flexibility index (Phi) is 7.92. The molecule has 3 N–H and O–H groups in total. The zero-order chi connectivity index (χ0) is 24.5. The summed E-state index contributed by atoms with van der Waals surface area (Å²) in [4.78, 5) is 25.6. The fraction of sp³-hybridized carbons (Fsp3) is 0.133. The molecule has 0 aromatic heterocycles. The lowest BCUT2D eigenvalue weighted by Gasteiger charge is -2.22. The van der Waals surface area contributed by atoms with Crippen LogP contribution in [0, 0.1) is 0 Å². The van der Waals surface area contributed by atoms with Crippen LogP contribution in [0.15, 0.2) is 115 Å². The molecule has 0 bridgehead atoms. The molecule has 4 aromatic carbocycles. The number of amides is 2. The topological polar surface area (TPSA) is 81.4 Å². The zero-order valence-electron chi connectivity index (χ0n) is 19.3. The van der Waals surface area contributed by atoms with Crippen molar-refractivity contribution < 1.29 is 14.3 Å². The number of carbonyl (C=O) groups is 2. The van der Waals surface area contributed by atoms with Gasteiger partial charge in [0.1, 0.15) is 18.4 Å². The molecule has 0 radical (unpaired) electrons. The lowest BCUT2D eigenvalue weighted by molar-refractivity contribution is -0.127. The van der Waals surface area contributed by atoms with Gasteiger partial charge in [-0.15, -0.1) is 0 Å². The van der Waals surface area contributed by atoms with Gasteiger partial charge < -0.3 is 15.8 Å². The summed E-state index contributed by atoms with van der Waals surface area (Å²) in [6.45, 7) is 0.473. The van der Waals surface area contributed by atoms with Crippen LogP contribution in [0.5, 0.6) is 5.75 Å². The van der Waals surface area contributed by atoms with Gasteiger partial charge in [0.2, 0.25) is 11.8 Å². The van der Waals surface area contributed by atoms with E-state index in [-0.39, 0.29) is 12.3 Å². The Labute approximate surface area is 205 Å². The lowest BCUT2D eigenvalue weighted by atomic mass is 9.90. The molecule has 35 heavy (non-hydrogen) atoms. The van der Waals surface area contributed by atoms with Crippen molar-refractivity contribution in [1.29, 1.82) is 0 Å². The minimum atomic E-state index is -0.839. The Balaban J connectivity index is 1.44.